The van der Waals surface area contributed by atoms with E-state index in [1.807, 2.05) is 6.92 Å². The molecule has 0 heterocycles. The van der Waals surface area contributed by atoms with E-state index in [4.69, 9.17) is 11.8 Å². The fraction of sp³-hybridized carbons (Fsp3) is 0.556. The molecule has 0 aromatic carbocycles. The number of allylic oxidation sites excluding steroid dienone is 2. The van der Waals surface area contributed by atoms with E-state index in [-0.39, 0.29) is 24.8 Å². The van der Waals surface area contributed by atoms with Gasteiger partial charge in [0.25, 0.3) is 0 Å². The standard InChI is InChI=1S/C10H18NO2.C8H10N2O4.Ni/c1-8(11-10(12)13-2)9-6-4-3-5-7-9;1-3-4-7(2)8(11)9-5-6-14-10(12)13;/h8-9H,2-7H2,1H3,(H,11,12);1-4H,5-6H2,(H,9,11)(H,12,13);/q-1;;/b;7-4+;/t8-;;/m0../s1. The molecule has 1 aliphatic carbocycles. The molecule has 162 valence electrons. The summed E-state index contributed by atoms with van der Waals surface area (Å²) in [4.78, 5) is 37.3. The van der Waals surface area contributed by atoms with Crippen LogP contribution in [0.5, 0.6) is 0 Å². The number of amides is 2. The molecule has 28 heavy (non-hydrogen) atoms. The second-order valence-corrected chi connectivity index (χ2v) is 6.28. The van der Waals surface area contributed by atoms with E-state index in [2.05, 4.69) is 42.3 Å². The Labute approximate surface area is 172 Å². The Kier molecular flexibility index (Phi) is 14.6. The molecule has 0 unspecified atom stereocenters. The largest absolute Gasteiger partial charge is 0.624 e. The zero-order valence-corrected chi connectivity index (χ0v) is 16.9. The molecule has 1 fully saturated rings. The fourth-order valence-corrected chi connectivity index (χ4v) is 2.85. The summed E-state index contributed by atoms with van der Waals surface area (Å²) in [5.41, 5.74) is 0.237. The smallest absolute Gasteiger partial charge is 0.375 e. The monoisotopic (exact) mass is 440 g/mol. The van der Waals surface area contributed by atoms with Crippen molar-refractivity contribution >= 4 is 17.0 Å². The maximum atomic E-state index is 11.3. The summed E-state index contributed by atoms with van der Waals surface area (Å²) in [6, 6.07) is 0.217. The van der Waals surface area contributed by atoms with Crippen LogP contribution in [0, 0.1) is 24.5 Å². The van der Waals surface area contributed by atoms with Gasteiger partial charge >= 0.3 is 99.6 Å². The third-order valence-electron chi connectivity index (χ3n) is 4.06. The van der Waals surface area contributed by atoms with Gasteiger partial charge in [-0.05, 0) is 25.7 Å². The van der Waals surface area contributed by atoms with Crippen molar-refractivity contribution in [3.63, 3.8) is 0 Å². The van der Waals surface area contributed by atoms with Crippen LogP contribution in [0.2, 0.25) is 0 Å². The van der Waals surface area contributed by atoms with E-state index in [1.54, 1.807) is 0 Å². The topological polar surface area (TPSA) is 117 Å². The van der Waals surface area contributed by atoms with E-state index >= 15 is 0 Å². The summed E-state index contributed by atoms with van der Waals surface area (Å²) < 4.78 is 4.31. The average molecular weight is 441 g/mol. The van der Waals surface area contributed by atoms with Crippen molar-refractivity contribution in [1.82, 2.24) is 10.6 Å². The van der Waals surface area contributed by atoms with Gasteiger partial charge in [0.05, 0.1) is 0 Å². The zero-order valence-electron chi connectivity index (χ0n) is 15.9. The number of nitrogens with zero attached hydrogens (tertiary/aromatic N) is 1. The minimum Gasteiger partial charge on any atom is -0.624 e. The first-order valence-electron chi connectivity index (χ1n) is 8.80. The summed E-state index contributed by atoms with van der Waals surface area (Å²) in [5.74, 6) is 0.190. The molecule has 10 heteroatoms. The van der Waals surface area contributed by atoms with Crippen LogP contribution in [0.1, 0.15) is 39.0 Å². The number of carbonyl (C=O) groups excluding carboxylic acids is 2. The van der Waals surface area contributed by atoms with Crippen LogP contribution >= 0.6 is 0 Å². The number of hydrogen-bond donors (Lipinski definition) is 3. The normalized spacial score (nSPS) is 15.2. The summed E-state index contributed by atoms with van der Waals surface area (Å²) in [6.07, 6.45) is 8.48. The van der Waals surface area contributed by atoms with Gasteiger partial charge < -0.3 is 10.1 Å². The van der Waals surface area contributed by atoms with Crippen molar-refractivity contribution in [3.05, 3.63) is 36.3 Å². The van der Waals surface area contributed by atoms with Gasteiger partial charge in [-0.3, -0.25) is 0 Å². The van der Waals surface area contributed by atoms with Crippen molar-refractivity contribution < 1.29 is 44.5 Å². The molecule has 0 saturated heterocycles. The molecule has 0 spiro atoms. The molecule has 1 rings (SSSR count). The van der Waals surface area contributed by atoms with Crippen LogP contribution < -0.4 is 10.6 Å². The summed E-state index contributed by atoms with van der Waals surface area (Å²) in [5, 5.41) is 12.5. The van der Waals surface area contributed by atoms with Crippen molar-refractivity contribution in [3.8, 4) is 0 Å². The first kappa shape index (κ1) is 25.8. The minimum atomic E-state index is -0.683. The molecule has 1 aliphatic rings. The maximum Gasteiger partial charge on any atom is 0.375 e. The van der Waals surface area contributed by atoms with Gasteiger partial charge in [-0.25, -0.2) is 4.79 Å². The number of nitrogens with one attached hydrogen (secondary N) is 2. The van der Waals surface area contributed by atoms with Crippen LogP contribution in [0.15, 0.2) is 17.7 Å². The molecule has 9 nitrogen and oxygen atoms in total. The molecular weight excluding hydrogens is 413 g/mol. The van der Waals surface area contributed by atoms with Crippen LogP contribution in [0.4, 0.5) is 4.79 Å². The quantitative estimate of drug-likeness (QED) is 0.126. The second-order valence-electron chi connectivity index (χ2n) is 6.00. The van der Waals surface area contributed by atoms with Gasteiger partial charge in [0.15, 0.2) is 0 Å². The van der Waals surface area contributed by atoms with Crippen molar-refractivity contribution in [2.75, 3.05) is 13.2 Å². The van der Waals surface area contributed by atoms with Gasteiger partial charge in [-0.15, -0.1) is 0 Å². The van der Waals surface area contributed by atoms with E-state index in [0.29, 0.717) is 5.92 Å². The number of rotatable bonds is 9. The number of hydrogen-bond acceptors (Lipinski definition) is 5. The SMILES string of the molecule is [CH-]=C/C=C(\[CH]=[Ni])C(=O)NCCO[N+](=O)O.[CH2-]OC(=O)N[C@@H](C)C1CCCCC1. The van der Waals surface area contributed by atoms with E-state index in [0.717, 1.165) is 0 Å². The van der Waals surface area contributed by atoms with Crippen LogP contribution in [-0.2, 0) is 29.4 Å². The Balaban J connectivity index is 0.000000525. The summed E-state index contributed by atoms with van der Waals surface area (Å²) in [7, 11) is 3.07. The third kappa shape index (κ3) is 12.2. The van der Waals surface area contributed by atoms with Gasteiger partial charge in [0, 0.05) is 6.04 Å². The molecule has 1 saturated carbocycles. The second kappa shape index (κ2) is 15.8. The third-order valence-corrected chi connectivity index (χ3v) is 4.37. The van der Waals surface area contributed by atoms with Crippen molar-refractivity contribution in [2.45, 2.75) is 45.1 Å². The minimum absolute atomic E-state index is 0.0634. The van der Waals surface area contributed by atoms with E-state index in [9.17, 15) is 14.5 Å². The molecule has 0 aliphatic heterocycles. The predicted octanol–water partition coefficient (Wildman–Crippen LogP) is 1.94. The molecule has 0 bridgehead atoms. The summed E-state index contributed by atoms with van der Waals surface area (Å²) >= 11 is 4.29. The Morgan fingerprint density at radius 1 is 1.39 bits per heavy atom. The van der Waals surface area contributed by atoms with Crippen molar-refractivity contribution in [1.29, 1.82) is 0 Å². The number of alkyl carbamates (subject to hydrolysis) is 1. The molecule has 0 radical (unpaired) electrons. The maximum absolute atomic E-state index is 11.3. The van der Waals surface area contributed by atoms with Crippen molar-refractivity contribution in [2.24, 2.45) is 5.92 Å². The Morgan fingerprint density at radius 3 is 2.54 bits per heavy atom. The van der Waals surface area contributed by atoms with Crippen LogP contribution in [-0.4, -0.2) is 46.5 Å². The average Bonchev–Trinajstić information content (AvgIpc) is 2.70. The van der Waals surface area contributed by atoms with Crippen LogP contribution in [0.3, 0.4) is 0 Å². The molecule has 0 aromatic heterocycles. The first-order valence-corrected chi connectivity index (χ1v) is 9.37. The molecule has 0 aromatic rings. The Hall–Kier alpha value is -2.22. The predicted molar refractivity (Wildman–Crippen MR) is 98.4 cm³/mol. The molecule has 3 N–H and O–H groups in total. The van der Waals surface area contributed by atoms with Crippen LogP contribution in [0.25, 0.3) is 0 Å². The first-order chi connectivity index (χ1) is 13.3. The van der Waals surface area contributed by atoms with E-state index in [1.165, 1.54) is 49.3 Å². The van der Waals surface area contributed by atoms with E-state index < -0.39 is 17.1 Å². The number of ether oxygens (including phenoxy) is 1. The molecule has 2 amide bonds. The summed E-state index contributed by atoms with van der Waals surface area (Å²) in [6.45, 7) is 7.04. The fourth-order valence-electron chi connectivity index (χ4n) is 2.62. The van der Waals surface area contributed by atoms with Gasteiger partial charge in [0.1, 0.15) is 0 Å². The Morgan fingerprint density at radius 2 is 2.04 bits per heavy atom. The molecule has 1 atom stereocenters. The zero-order chi connectivity index (χ0) is 21.4. The number of carbonyl (C=O) groups is 2. The van der Waals surface area contributed by atoms with Gasteiger partial charge in [-0.1, -0.05) is 19.3 Å². The van der Waals surface area contributed by atoms with Gasteiger partial charge in [0.2, 0.25) is 0 Å². The van der Waals surface area contributed by atoms with Gasteiger partial charge in [-0.2, -0.15) is 7.11 Å². The molecular formula is C18H28N3NiO6-. The Bertz CT molecular complexity index is 562.